The van der Waals surface area contributed by atoms with Crippen molar-refractivity contribution in [3.63, 3.8) is 0 Å². The first-order valence-electron chi connectivity index (χ1n) is 5.89. The standard InChI is InChI=1S/C12H18O4/c1-2-12(10(14)15)8-11(7-9(12)13)3-5-16-6-4-11/h2-8H2,1H3,(H,14,15). The molecule has 1 heterocycles. The van der Waals surface area contributed by atoms with E-state index in [-0.39, 0.29) is 11.2 Å². The molecule has 0 aromatic heterocycles. The summed E-state index contributed by atoms with van der Waals surface area (Å²) in [5.41, 5.74) is -1.21. The van der Waals surface area contributed by atoms with Crippen LogP contribution in [0.3, 0.4) is 0 Å². The summed E-state index contributed by atoms with van der Waals surface area (Å²) in [7, 11) is 0. The second-order valence-electron chi connectivity index (χ2n) is 5.13. The van der Waals surface area contributed by atoms with E-state index < -0.39 is 11.4 Å². The molecule has 0 amide bonds. The molecular weight excluding hydrogens is 208 g/mol. The van der Waals surface area contributed by atoms with Crippen molar-refractivity contribution < 1.29 is 19.4 Å². The summed E-state index contributed by atoms with van der Waals surface area (Å²) < 4.78 is 5.29. The largest absolute Gasteiger partial charge is 0.480 e. The van der Waals surface area contributed by atoms with Crippen LogP contribution in [-0.2, 0) is 14.3 Å². The van der Waals surface area contributed by atoms with Gasteiger partial charge < -0.3 is 9.84 Å². The Bertz CT molecular complexity index is 317. The minimum absolute atomic E-state index is 0.0793. The number of ketones is 1. The van der Waals surface area contributed by atoms with Gasteiger partial charge in [0.25, 0.3) is 0 Å². The van der Waals surface area contributed by atoms with Gasteiger partial charge in [-0.2, -0.15) is 0 Å². The van der Waals surface area contributed by atoms with Gasteiger partial charge in [-0.1, -0.05) is 6.92 Å². The molecule has 1 N–H and O–H groups in total. The summed E-state index contributed by atoms with van der Waals surface area (Å²) in [5, 5.41) is 9.30. The number of ether oxygens (including phenoxy) is 1. The van der Waals surface area contributed by atoms with E-state index in [1.54, 1.807) is 6.92 Å². The highest BCUT2D eigenvalue weighted by Gasteiger charge is 2.57. The van der Waals surface area contributed by atoms with Crippen LogP contribution in [0.5, 0.6) is 0 Å². The van der Waals surface area contributed by atoms with Crippen molar-refractivity contribution >= 4 is 11.8 Å². The van der Waals surface area contributed by atoms with Crippen LogP contribution >= 0.6 is 0 Å². The topological polar surface area (TPSA) is 63.6 Å². The molecule has 1 atom stereocenters. The fraction of sp³-hybridized carbons (Fsp3) is 0.833. The molecule has 4 heteroatoms. The molecule has 1 aliphatic carbocycles. The van der Waals surface area contributed by atoms with Crippen LogP contribution in [0, 0.1) is 10.8 Å². The molecule has 0 aromatic carbocycles. The third kappa shape index (κ3) is 1.56. The first-order valence-corrected chi connectivity index (χ1v) is 5.89. The lowest BCUT2D eigenvalue weighted by Gasteiger charge is -2.34. The fourth-order valence-electron chi connectivity index (χ4n) is 3.14. The SMILES string of the molecule is CCC1(C(=O)O)CC2(CCOCC2)CC1=O. The van der Waals surface area contributed by atoms with Gasteiger partial charge in [0.1, 0.15) is 5.41 Å². The van der Waals surface area contributed by atoms with E-state index in [1.807, 2.05) is 0 Å². The van der Waals surface area contributed by atoms with Gasteiger partial charge in [0, 0.05) is 19.6 Å². The number of hydrogen-bond donors (Lipinski definition) is 1. The normalized spacial score (nSPS) is 33.2. The third-order valence-electron chi connectivity index (χ3n) is 4.31. The van der Waals surface area contributed by atoms with Crippen molar-refractivity contribution in [1.82, 2.24) is 0 Å². The van der Waals surface area contributed by atoms with Crippen LogP contribution in [0.15, 0.2) is 0 Å². The molecule has 1 spiro atoms. The van der Waals surface area contributed by atoms with Gasteiger partial charge in [0.05, 0.1) is 0 Å². The van der Waals surface area contributed by atoms with Crippen molar-refractivity contribution in [1.29, 1.82) is 0 Å². The highest BCUT2D eigenvalue weighted by Crippen LogP contribution is 2.53. The molecule has 0 bridgehead atoms. The van der Waals surface area contributed by atoms with Crippen molar-refractivity contribution in [2.45, 2.75) is 39.0 Å². The number of carbonyl (C=O) groups is 2. The summed E-state index contributed by atoms with van der Waals surface area (Å²) >= 11 is 0. The predicted molar refractivity (Wildman–Crippen MR) is 57.1 cm³/mol. The van der Waals surface area contributed by atoms with Crippen molar-refractivity contribution in [3.05, 3.63) is 0 Å². The molecule has 2 fully saturated rings. The second kappa shape index (κ2) is 3.84. The molecule has 16 heavy (non-hydrogen) atoms. The zero-order chi connectivity index (χ0) is 11.8. The summed E-state index contributed by atoms with van der Waals surface area (Å²) in [5.74, 6) is -1.02. The fourth-order valence-corrected chi connectivity index (χ4v) is 3.14. The number of aliphatic carboxylic acids is 1. The second-order valence-corrected chi connectivity index (χ2v) is 5.13. The van der Waals surface area contributed by atoms with E-state index in [0.717, 1.165) is 12.8 Å². The Kier molecular flexibility index (Phi) is 2.78. The molecule has 4 nitrogen and oxygen atoms in total. The highest BCUT2D eigenvalue weighted by molar-refractivity contribution is 6.05. The van der Waals surface area contributed by atoms with Crippen molar-refractivity contribution in [3.8, 4) is 0 Å². The van der Waals surface area contributed by atoms with Crippen LogP contribution in [-0.4, -0.2) is 30.1 Å². The molecular formula is C12H18O4. The Balaban J connectivity index is 2.25. The third-order valence-corrected chi connectivity index (χ3v) is 4.31. The molecule has 1 aliphatic heterocycles. The highest BCUT2D eigenvalue weighted by atomic mass is 16.5. The number of carbonyl (C=O) groups excluding carboxylic acids is 1. The molecule has 1 saturated heterocycles. The maximum atomic E-state index is 12.0. The lowest BCUT2D eigenvalue weighted by Crippen LogP contribution is -2.35. The van der Waals surface area contributed by atoms with Crippen LogP contribution in [0.4, 0.5) is 0 Å². The average Bonchev–Trinajstić information content (AvgIpc) is 2.53. The summed E-state index contributed by atoms with van der Waals surface area (Å²) in [6, 6.07) is 0. The Morgan fingerprint density at radius 3 is 2.50 bits per heavy atom. The lowest BCUT2D eigenvalue weighted by atomic mass is 9.74. The summed E-state index contributed by atoms with van der Waals surface area (Å²) in [6.07, 6.45) is 3.00. The minimum atomic E-state index is -1.11. The van der Waals surface area contributed by atoms with Gasteiger partial charge in [-0.05, 0) is 31.1 Å². The molecule has 1 saturated carbocycles. The van der Waals surface area contributed by atoms with Crippen molar-refractivity contribution in [2.75, 3.05) is 13.2 Å². The lowest BCUT2D eigenvalue weighted by molar-refractivity contribution is -0.153. The molecule has 2 rings (SSSR count). The molecule has 2 aliphatic rings. The smallest absolute Gasteiger partial charge is 0.317 e. The summed E-state index contributed by atoms with van der Waals surface area (Å²) in [4.78, 5) is 23.4. The van der Waals surface area contributed by atoms with Gasteiger partial charge in [-0.15, -0.1) is 0 Å². The van der Waals surface area contributed by atoms with Gasteiger partial charge in [-0.25, -0.2) is 0 Å². The van der Waals surface area contributed by atoms with E-state index in [0.29, 0.717) is 32.5 Å². The predicted octanol–water partition coefficient (Wildman–Crippen LogP) is 1.63. The summed E-state index contributed by atoms with van der Waals surface area (Å²) in [6.45, 7) is 3.11. The van der Waals surface area contributed by atoms with E-state index in [2.05, 4.69) is 0 Å². The average molecular weight is 226 g/mol. The molecule has 1 unspecified atom stereocenters. The zero-order valence-electron chi connectivity index (χ0n) is 9.62. The number of rotatable bonds is 2. The maximum Gasteiger partial charge on any atom is 0.317 e. The van der Waals surface area contributed by atoms with E-state index >= 15 is 0 Å². The van der Waals surface area contributed by atoms with E-state index in [1.165, 1.54) is 0 Å². The molecule has 90 valence electrons. The van der Waals surface area contributed by atoms with Gasteiger partial charge in [-0.3, -0.25) is 9.59 Å². The van der Waals surface area contributed by atoms with Gasteiger partial charge >= 0.3 is 5.97 Å². The quantitative estimate of drug-likeness (QED) is 0.727. The maximum absolute atomic E-state index is 12.0. The number of carboxylic acids is 1. The van der Waals surface area contributed by atoms with E-state index in [9.17, 15) is 14.7 Å². The first-order chi connectivity index (χ1) is 7.55. The Labute approximate surface area is 95.0 Å². The number of hydrogen-bond acceptors (Lipinski definition) is 3. The van der Waals surface area contributed by atoms with Crippen LogP contribution < -0.4 is 0 Å². The Morgan fingerprint density at radius 1 is 1.44 bits per heavy atom. The first kappa shape index (κ1) is 11.6. The number of Topliss-reactive ketones (excluding diaryl/α,β-unsaturated/α-hetero) is 1. The monoisotopic (exact) mass is 226 g/mol. The van der Waals surface area contributed by atoms with Crippen molar-refractivity contribution in [2.24, 2.45) is 10.8 Å². The van der Waals surface area contributed by atoms with Gasteiger partial charge in [0.15, 0.2) is 5.78 Å². The van der Waals surface area contributed by atoms with Crippen LogP contribution in [0.1, 0.15) is 39.0 Å². The Morgan fingerprint density at radius 2 is 2.06 bits per heavy atom. The van der Waals surface area contributed by atoms with Crippen LogP contribution in [0.25, 0.3) is 0 Å². The zero-order valence-corrected chi connectivity index (χ0v) is 9.62. The molecule has 0 aromatic rings. The van der Waals surface area contributed by atoms with Crippen LogP contribution in [0.2, 0.25) is 0 Å². The van der Waals surface area contributed by atoms with E-state index in [4.69, 9.17) is 4.74 Å². The Hall–Kier alpha value is -0.900. The minimum Gasteiger partial charge on any atom is -0.480 e. The number of carboxylic acid groups (broad SMARTS) is 1. The molecule has 0 radical (unpaired) electrons. The van der Waals surface area contributed by atoms with Gasteiger partial charge in [0.2, 0.25) is 0 Å².